The molecule has 0 unspecified atom stereocenters. The first-order chi connectivity index (χ1) is 13.4. The molecule has 3 heterocycles. The van der Waals surface area contributed by atoms with E-state index in [0.29, 0.717) is 49.5 Å². The fraction of sp³-hybridized carbons (Fsp3) is 0.400. The SMILES string of the molecule is Cc1n[nH]c(C)c1S(=O)(=O)N1CCC(=C2Cc3ccccc3N=C2CF)CC1. The third kappa shape index (κ3) is 3.20. The lowest BCUT2D eigenvalue weighted by Crippen LogP contribution is -2.37. The van der Waals surface area contributed by atoms with E-state index in [4.69, 9.17) is 0 Å². The van der Waals surface area contributed by atoms with Gasteiger partial charge >= 0.3 is 0 Å². The molecule has 1 N–H and O–H groups in total. The summed E-state index contributed by atoms with van der Waals surface area (Å²) < 4.78 is 41.2. The van der Waals surface area contributed by atoms with Gasteiger partial charge in [0.25, 0.3) is 0 Å². The van der Waals surface area contributed by atoms with E-state index in [-0.39, 0.29) is 4.90 Å². The Morgan fingerprint density at radius 2 is 1.89 bits per heavy atom. The van der Waals surface area contributed by atoms with Crippen molar-refractivity contribution in [1.29, 1.82) is 0 Å². The molecule has 1 aromatic heterocycles. The predicted octanol–water partition coefficient (Wildman–Crippen LogP) is 3.41. The number of benzene rings is 1. The van der Waals surface area contributed by atoms with Crippen molar-refractivity contribution in [3.63, 3.8) is 0 Å². The molecule has 2 aliphatic heterocycles. The maximum Gasteiger partial charge on any atom is 0.246 e. The van der Waals surface area contributed by atoms with Gasteiger partial charge in [-0.2, -0.15) is 9.40 Å². The van der Waals surface area contributed by atoms with Crippen LogP contribution in [-0.2, 0) is 16.4 Å². The number of H-pyrrole nitrogens is 1. The largest absolute Gasteiger partial charge is 0.281 e. The van der Waals surface area contributed by atoms with E-state index in [1.807, 2.05) is 24.3 Å². The summed E-state index contributed by atoms with van der Waals surface area (Å²) in [6.45, 7) is 3.56. The number of rotatable bonds is 3. The highest BCUT2D eigenvalue weighted by atomic mass is 32.2. The minimum absolute atomic E-state index is 0.265. The normalized spacial score (nSPS) is 18.2. The Morgan fingerprint density at radius 3 is 2.54 bits per heavy atom. The molecule has 6 nitrogen and oxygen atoms in total. The van der Waals surface area contributed by atoms with Crippen molar-refractivity contribution in [1.82, 2.24) is 14.5 Å². The zero-order valence-electron chi connectivity index (χ0n) is 16.0. The van der Waals surface area contributed by atoms with E-state index in [1.165, 1.54) is 4.31 Å². The van der Waals surface area contributed by atoms with E-state index in [2.05, 4.69) is 15.2 Å². The maximum atomic E-state index is 13.6. The van der Waals surface area contributed by atoms with Crippen LogP contribution in [0.15, 0.2) is 45.3 Å². The molecule has 0 bridgehead atoms. The van der Waals surface area contributed by atoms with Gasteiger partial charge in [-0.25, -0.2) is 12.8 Å². The van der Waals surface area contributed by atoms with Crippen molar-refractivity contribution in [3.8, 4) is 0 Å². The van der Waals surface area contributed by atoms with Gasteiger partial charge in [-0.3, -0.25) is 10.1 Å². The number of hydrogen-bond acceptors (Lipinski definition) is 4. The molecule has 0 saturated carbocycles. The van der Waals surface area contributed by atoms with Crippen LogP contribution < -0.4 is 0 Å². The van der Waals surface area contributed by atoms with Gasteiger partial charge in [0.1, 0.15) is 11.6 Å². The number of aromatic amines is 1. The monoisotopic (exact) mass is 402 g/mol. The van der Waals surface area contributed by atoms with Crippen LogP contribution >= 0.6 is 0 Å². The number of aromatic nitrogens is 2. The van der Waals surface area contributed by atoms with Gasteiger partial charge in [0.2, 0.25) is 10.0 Å². The molecule has 8 heteroatoms. The summed E-state index contributed by atoms with van der Waals surface area (Å²) in [5.74, 6) is 0. The van der Waals surface area contributed by atoms with Crippen molar-refractivity contribution in [2.75, 3.05) is 19.8 Å². The van der Waals surface area contributed by atoms with Gasteiger partial charge in [0.15, 0.2) is 0 Å². The third-order valence-corrected chi connectivity index (χ3v) is 7.66. The standard InChI is InChI=1S/C20H23FN4O2S/c1-13-20(14(2)24-23-13)28(26,27)25-9-7-15(8-10-25)17-11-16-5-3-4-6-18(16)22-19(17)12-21/h3-6H,7-12H2,1-2H3,(H,23,24). The zero-order chi connectivity index (χ0) is 19.9. The van der Waals surface area contributed by atoms with E-state index in [9.17, 15) is 12.8 Å². The number of aryl methyl sites for hydroxylation is 2. The summed E-state index contributed by atoms with van der Waals surface area (Å²) in [6, 6.07) is 7.77. The molecule has 28 heavy (non-hydrogen) atoms. The number of allylic oxidation sites excluding steroid dienone is 1. The van der Waals surface area contributed by atoms with Gasteiger partial charge in [-0.05, 0) is 43.9 Å². The lowest BCUT2D eigenvalue weighted by molar-refractivity contribution is 0.385. The molecule has 148 valence electrons. The highest BCUT2D eigenvalue weighted by Gasteiger charge is 2.32. The number of piperidine rings is 1. The maximum absolute atomic E-state index is 13.6. The van der Waals surface area contributed by atoms with Crippen LogP contribution in [0.5, 0.6) is 0 Å². The number of nitrogens with one attached hydrogen (secondary N) is 1. The summed E-state index contributed by atoms with van der Waals surface area (Å²) >= 11 is 0. The topological polar surface area (TPSA) is 78.4 Å². The molecular weight excluding hydrogens is 379 g/mol. The number of fused-ring (bicyclic) bond motifs is 1. The van der Waals surface area contributed by atoms with Crippen molar-refractivity contribution in [3.05, 3.63) is 52.4 Å². The van der Waals surface area contributed by atoms with Crippen LogP contribution in [-0.4, -0.2) is 48.4 Å². The van der Waals surface area contributed by atoms with Crippen molar-refractivity contribution in [2.45, 2.75) is 38.0 Å². The van der Waals surface area contributed by atoms with Crippen LogP contribution in [0, 0.1) is 13.8 Å². The van der Waals surface area contributed by atoms with Gasteiger partial charge < -0.3 is 0 Å². The highest BCUT2D eigenvalue weighted by Crippen LogP contribution is 2.34. The van der Waals surface area contributed by atoms with Gasteiger partial charge in [-0.15, -0.1) is 0 Å². The number of hydrogen-bond donors (Lipinski definition) is 1. The summed E-state index contributed by atoms with van der Waals surface area (Å²) in [7, 11) is -3.59. The van der Waals surface area contributed by atoms with Crippen molar-refractivity contribution < 1.29 is 12.8 Å². The first-order valence-electron chi connectivity index (χ1n) is 9.36. The average Bonchev–Trinajstić information content (AvgIpc) is 3.05. The van der Waals surface area contributed by atoms with E-state index in [0.717, 1.165) is 22.4 Å². The van der Waals surface area contributed by atoms with E-state index >= 15 is 0 Å². The Labute approximate surface area is 164 Å². The lowest BCUT2D eigenvalue weighted by Gasteiger charge is -2.30. The number of sulfonamides is 1. The summed E-state index contributed by atoms with van der Waals surface area (Å²) in [5, 5.41) is 6.75. The average molecular weight is 402 g/mol. The molecule has 1 saturated heterocycles. The lowest BCUT2D eigenvalue weighted by atomic mass is 9.89. The fourth-order valence-electron chi connectivity index (χ4n) is 4.06. The molecule has 0 atom stereocenters. The van der Waals surface area contributed by atoms with Crippen LogP contribution in [0.2, 0.25) is 0 Å². The Hall–Kier alpha value is -2.32. The second kappa shape index (κ2) is 7.25. The first kappa shape index (κ1) is 19.0. The second-order valence-corrected chi connectivity index (χ2v) is 9.12. The molecule has 0 radical (unpaired) electrons. The molecule has 0 spiro atoms. The van der Waals surface area contributed by atoms with Crippen molar-refractivity contribution in [2.24, 2.45) is 4.99 Å². The van der Waals surface area contributed by atoms with Crippen LogP contribution in [0.1, 0.15) is 29.8 Å². The Kier molecular flexibility index (Phi) is 4.93. The van der Waals surface area contributed by atoms with Crippen LogP contribution in [0.4, 0.5) is 10.1 Å². The van der Waals surface area contributed by atoms with Gasteiger partial charge in [0, 0.05) is 19.5 Å². The minimum atomic E-state index is -3.59. The number of aliphatic imine (C=N–C) groups is 1. The quantitative estimate of drug-likeness (QED) is 0.855. The number of alkyl halides is 1. The van der Waals surface area contributed by atoms with Gasteiger partial charge in [-0.1, -0.05) is 23.8 Å². The third-order valence-electron chi connectivity index (χ3n) is 5.50. The number of para-hydroxylation sites is 1. The van der Waals surface area contributed by atoms with Crippen LogP contribution in [0.3, 0.4) is 0 Å². The van der Waals surface area contributed by atoms with E-state index in [1.54, 1.807) is 13.8 Å². The zero-order valence-corrected chi connectivity index (χ0v) is 16.8. The summed E-state index contributed by atoms with van der Waals surface area (Å²) in [6.07, 6.45) is 1.83. The molecule has 2 aliphatic rings. The fourth-order valence-corrected chi connectivity index (χ4v) is 5.84. The highest BCUT2D eigenvalue weighted by molar-refractivity contribution is 7.89. The molecule has 1 fully saturated rings. The first-order valence-corrected chi connectivity index (χ1v) is 10.8. The van der Waals surface area contributed by atoms with E-state index < -0.39 is 16.7 Å². The smallest absolute Gasteiger partial charge is 0.246 e. The second-order valence-electron chi connectivity index (χ2n) is 7.25. The number of halogens is 1. The Morgan fingerprint density at radius 1 is 1.18 bits per heavy atom. The molecular formula is C20H23FN4O2S. The van der Waals surface area contributed by atoms with Crippen molar-refractivity contribution >= 4 is 21.4 Å². The Balaban J connectivity index is 1.59. The summed E-state index contributed by atoms with van der Waals surface area (Å²) in [4.78, 5) is 4.76. The minimum Gasteiger partial charge on any atom is -0.281 e. The molecule has 0 aliphatic carbocycles. The Bertz CT molecular complexity index is 1060. The molecule has 0 amide bonds. The van der Waals surface area contributed by atoms with Gasteiger partial charge in [0.05, 0.1) is 22.8 Å². The van der Waals surface area contributed by atoms with Crippen LogP contribution in [0.25, 0.3) is 0 Å². The number of nitrogens with zero attached hydrogens (tertiary/aromatic N) is 3. The summed E-state index contributed by atoms with van der Waals surface area (Å²) in [5.41, 5.74) is 5.47. The molecule has 4 rings (SSSR count). The molecule has 1 aromatic carbocycles. The predicted molar refractivity (Wildman–Crippen MR) is 106 cm³/mol. The molecule has 2 aromatic rings.